The Labute approximate surface area is 78.4 Å². The molecule has 0 aromatic heterocycles. The topological polar surface area (TPSA) is 26.0 Å². The van der Waals surface area contributed by atoms with E-state index in [1.54, 1.807) is 0 Å². The molecule has 0 aliphatic rings. The summed E-state index contributed by atoms with van der Waals surface area (Å²) in [5.41, 5.74) is 7.90. The first-order valence-corrected chi connectivity index (χ1v) is 5.45. The van der Waals surface area contributed by atoms with Crippen molar-refractivity contribution in [2.75, 3.05) is 12.0 Å². The van der Waals surface area contributed by atoms with Gasteiger partial charge in [-0.2, -0.15) is 11.8 Å². The molecule has 66 valence electrons. The van der Waals surface area contributed by atoms with E-state index in [1.165, 1.54) is 5.56 Å². The molecule has 1 nitrogen and oxygen atoms in total. The van der Waals surface area contributed by atoms with Crippen LogP contribution in [-0.2, 0) is 0 Å². The third-order valence-corrected chi connectivity index (χ3v) is 3.11. The molecule has 0 amide bonds. The van der Waals surface area contributed by atoms with E-state index in [0.717, 1.165) is 12.1 Å². The zero-order valence-electron chi connectivity index (χ0n) is 7.58. The summed E-state index contributed by atoms with van der Waals surface area (Å²) in [5, 5.41) is 0.591. The van der Waals surface area contributed by atoms with Crippen molar-refractivity contribution >= 4 is 17.4 Å². The summed E-state index contributed by atoms with van der Waals surface area (Å²) in [6.07, 6.45) is 3.29. The third kappa shape index (κ3) is 2.18. The van der Waals surface area contributed by atoms with Crippen LogP contribution in [-0.4, -0.2) is 6.26 Å². The van der Waals surface area contributed by atoms with E-state index in [0.29, 0.717) is 5.25 Å². The van der Waals surface area contributed by atoms with Crippen molar-refractivity contribution in [1.29, 1.82) is 0 Å². The first-order valence-electron chi connectivity index (χ1n) is 4.16. The molecule has 1 rings (SSSR count). The van der Waals surface area contributed by atoms with Gasteiger partial charge in [0.25, 0.3) is 0 Å². The van der Waals surface area contributed by atoms with E-state index >= 15 is 0 Å². The lowest BCUT2D eigenvalue weighted by molar-refractivity contribution is 0.898. The summed E-state index contributed by atoms with van der Waals surface area (Å²) in [5.74, 6) is 0. The van der Waals surface area contributed by atoms with Gasteiger partial charge in [0, 0.05) is 10.9 Å². The fourth-order valence-electron chi connectivity index (χ4n) is 1.30. The van der Waals surface area contributed by atoms with Gasteiger partial charge < -0.3 is 5.73 Å². The fraction of sp³-hybridized carbons (Fsp3) is 0.400. The molecule has 0 fully saturated rings. The number of thioether (sulfide) groups is 1. The molecular formula is C10H15NS. The fourth-order valence-corrected chi connectivity index (χ4v) is 2.05. The van der Waals surface area contributed by atoms with Gasteiger partial charge in [-0.15, -0.1) is 0 Å². The highest BCUT2D eigenvalue weighted by Gasteiger charge is 2.06. The molecular weight excluding hydrogens is 166 g/mol. The lowest BCUT2D eigenvalue weighted by Gasteiger charge is -2.12. The van der Waals surface area contributed by atoms with Crippen molar-refractivity contribution in [2.24, 2.45) is 0 Å². The molecule has 1 aromatic carbocycles. The second-order valence-electron chi connectivity index (χ2n) is 2.80. The molecule has 0 spiro atoms. The van der Waals surface area contributed by atoms with Crippen molar-refractivity contribution in [3.05, 3.63) is 29.8 Å². The Hall–Kier alpha value is -0.630. The molecule has 0 heterocycles. The number of hydrogen-bond acceptors (Lipinski definition) is 2. The average molecular weight is 181 g/mol. The van der Waals surface area contributed by atoms with Crippen molar-refractivity contribution in [3.8, 4) is 0 Å². The zero-order chi connectivity index (χ0) is 8.97. The van der Waals surface area contributed by atoms with E-state index in [9.17, 15) is 0 Å². The van der Waals surface area contributed by atoms with Crippen LogP contribution in [0.5, 0.6) is 0 Å². The summed E-state index contributed by atoms with van der Waals surface area (Å²) in [4.78, 5) is 0. The number of nitrogen functional groups attached to an aromatic ring is 1. The predicted octanol–water partition coefficient (Wildman–Crippen LogP) is 3.08. The van der Waals surface area contributed by atoms with Crippen LogP contribution in [0.1, 0.15) is 24.2 Å². The minimum atomic E-state index is 0.591. The smallest absolute Gasteiger partial charge is 0.0317 e. The maximum absolute atomic E-state index is 5.70. The van der Waals surface area contributed by atoms with Crippen molar-refractivity contribution in [1.82, 2.24) is 0 Å². The minimum Gasteiger partial charge on any atom is -0.399 e. The third-order valence-electron chi connectivity index (χ3n) is 1.94. The van der Waals surface area contributed by atoms with Crippen molar-refractivity contribution < 1.29 is 0 Å². The standard InChI is InChI=1S/C10H15NS/c1-3-10(12-2)8-5-4-6-9(11)7-8/h4-7,10H,3,11H2,1-2H3. The molecule has 0 aliphatic carbocycles. The first kappa shape index (κ1) is 9.46. The second kappa shape index (κ2) is 4.41. The summed E-state index contributed by atoms with van der Waals surface area (Å²) in [7, 11) is 0. The Kier molecular flexibility index (Phi) is 3.48. The number of nitrogens with two attached hydrogens (primary N) is 1. The number of anilines is 1. The van der Waals surface area contributed by atoms with Gasteiger partial charge in [0.15, 0.2) is 0 Å². The molecule has 0 saturated heterocycles. The maximum Gasteiger partial charge on any atom is 0.0317 e. The molecule has 2 heteroatoms. The van der Waals surface area contributed by atoms with Gasteiger partial charge in [0.05, 0.1) is 0 Å². The maximum atomic E-state index is 5.70. The van der Waals surface area contributed by atoms with Crippen LogP contribution in [0.25, 0.3) is 0 Å². The summed E-state index contributed by atoms with van der Waals surface area (Å²) < 4.78 is 0. The van der Waals surface area contributed by atoms with Crippen LogP contribution < -0.4 is 5.73 Å². The molecule has 0 aliphatic heterocycles. The van der Waals surface area contributed by atoms with Crippen LogP contribution in [0, 0.1) is 0 Å². The van der Waals surface area contributed by atoms with E-state index in [1.807, 2.05) is 23.9 Å². The number of benzene rings is 1. The van der Waals surface area contributed by atoms with E-state index < -0.39 is 0 Å². The highest BCUT2D eigenvalue weighted by atomic mass is 32.2. The molecule has 0 radical (unpaired) electrons. The molecule has 0 bridgehead atoms. The molecule has 12 heavy (non-hydrogen) atoms. The van der Waals surface area contributed by atoms with Gasteiger partial charge in [-0.1, -0.05) is 19.1 Å². The van der Waals surface area contributed by atoms with Crippen molar-refractivity contribution in [2.45, 2.75) is 18.6 Å². The number of rotatable bonds is 3. The summed E-state index contributed by atoms with van der Waals surface area (Å²) in [6, 6.07) is 8.14. The van der Waals surface area contributed by atoms with Crippen molar-refractivity contribution in [3.63, 3.8) is 0 Å². The Morgan fingerprint density at radius 2 is 2.25 bits per heavy atom. The lowest BCUT2D eigenvalue weighted by Crippen LogP contribution is -1.93. The zero-order valence-corrected chi connectivity index (χ0v) is 8.40. The molecule has 1 aromatic rings. The predicted molar refractivity (Wildman–Crippen MR) is 57.4 cm³/mol. The Balaban J connectivity index is 2.85. The van der Waals surface area contributed by atoms with E-state index in [-0.39, 0.29) is 0 Å². The highest BCUT2D eigenvalue weighted by molar-refractivity contribution is 7.98. The molecule has 1 unspecified atom stereocenters. The van der Waals surface area contributed by atoms with Gasteiger partial charge in [-0.05, 0) is 30.4 Å². The van der Waals surface area contributed by atoms with Gasteiger partial charge in [-0.25, -0.2) is 0 Å². The molecule has 2 N–H and O–H groups in total. The van der Waals surface area contributed by atoms with Gasteiger partial charge in [-0.3, -0.25) is 0 Å². The van der Waals surface area contributed by atoms with Crippen LogP contribution in [0.4, 0.5) is 5.69 Å². The van der Waals surface area contributed by atoms with Crippen LogP contribution in [0.15, 0.2) is 24.3 Å². The average Bonchev–Trinajstić information content (AvgIpc) is 2.07. The summed E-state index contributed by atoms with van der Waals surface area (Å²) >= 11 is 1.88. The largest absolute Gasteiger partial charge is 0.399 e. The van der Waals surface area contributed by atoms with E-state index in [4.69, 9.17) is 5.73 Å². The minimum absolute atomic E-state index is 0.591. The normalized spacial score (nSPS) is 12.8. The monoisotopic (exact) mass is 181 g/mol. The quantitative estimate of drug-likeness (QED) is 0.725. The SMILES string of the molecule is CCC(SC)c1cccc(N)c1. The van der Waals surface area contributed by atoms with Crippen LogP contribution in [0.3, 0.4) is 0 Å². The molecule has 1 atom stereocenters. The van der Waals surface area contributed by atoms with Crippen LogP contribution >= 0.6 is 11.8 Å². The van der Waals surface area contributed by atoms with Crippen LogP contribution in [0.2, 0.25) is 0 Å². The summed E-state index contributed by atoms with van der Waals surface area (Å²) in [6.45, 7) is 2.20. The van der Waals surface area contributed by atoms with E-state index in [2.05, 4.69) is 25.3 Å². The highest BCUT2D eigenvalue weighted by Crippen LogP contribution is 2.30. The molecule has 0 saturated carbocycles. The Bertz CT molecular complexity index is 243. The number of hydrogen-bond donors (Lipinski definition) is 1. The second-order valence-corrected chi connectivity index (χ2v) is 3.84. The Morgan fingerprint density at radius 3 is 2.75 bits per heavy atom. The van der Waals surface area contributed by atoms with Gasteiger partial charge in [0.1, 0.15) is 0 Å². The lowest BCUT2D eigenvalue weighted by atomic mass is 10.1. The Morgan fingerprint density at radius 1 is 1.50 bits per heavy atom. The van der Waals surface area contributed by atoms with Gasteiger partial charge >= 0.3 is 0 Å². The van der Waals surface area contributed by atoms with Gasteiger partial charge in [0.2, 0.25) is 0 Å². The first-order chi connectivity index (χ1) is 5.77.